The van der Waals surface area contributed by atoms with Gasteiger partial charge in [-0.1, -0.05) is 20.8 Å². The van der Waals surface area contributed by atoms with Crippen molar-refractivity contribution in [2.24, 2.45) is 0 Å². The molecular formula is C14H19N3S. The maximum absolute atomic E-state index is 4.75. The standard InChI is InChI=1S/C14H19N3S/c1-9-11(10-6-7-18-8-10)16-13(14(2,3)4)17-12(9)15-5/h6-8H,1-5H3,(H,15,16,17). The molecule has 0 atom stereocenters. The molecule has 3 nitrogen and oxygen atoms in total. The summed E-state index contributed by atoms with van der Waals surface area (Å²) in [6.45, 7) is 8.46. The van der Waals surface area contributed by atoms with Crippen LogP contribution in [0.1, 0.15) is 32.2 Å². The van der Waals surface area contributed by atoms with Crippen LogP contribution in [0.2, 0.25) is 0 Å². The van der Waals surface area contributed by atoms with E-state index in [2.05, 4.69) is 54.8 Å². The van der Waals surface area contributed by atoms with Gasteiger partial charge in [0.25, 0.3) is 0 Å². The van der Waals surface area contributed by atoms with Crippen molar-refractivity contribution >= 4 is 17.2 Å². The van der Waals surface area contributed by atoms with E-state index < -0.39 is 0 Å². The fourth-order valence-electron chi connectivity index (χ4n) is 1.78. The van der Waals surface area contributed by atoms with Crippen LogP contribution in [0.25, 0.3) is 11.3 Å². The van der Waals surface area contributed by atoms with Gasteiger partial charge in [0.2, 0.25) is 0 Å². The van der Waals surface area contributed by atoms with E-state index in [0.29, 0.717) is 0 Å². The Morgan fingerprint density at radius 1 is 1.22 bits per heavy atom. The van der Waals surface area contributed by atoms with Gasteiger partial charge >= 0.3 is 0 Å². The van der Waals surface area contributed by atoms with Crippen LogP contribution in [-0.2, 0) is 5.41 Å². The molecule has 0 aliphatic heterocycles. The van der Waals surface area contributed by atoms with E-state index in [1.807, 2.05) is 7.05 Å². The molecule has 0 aliphatic carbocycles. The zero-order chi connectivity index (χ0) is 13.3. The minimum absolute atomic E-state index is 0.0515. The Bertz CT molecular complexity index is 539. The summed E-state index contributed by atoms with van der Waals surface area (Å²) in [6, 6.07) is 2.10. The lowest BCUT2D eigenvalue weighted by Crippen LogP contribution is -2.18. The molecule has 2 heterocycles. The zero-order valence-electron chi connectivity index (χ0n) is 11.5. The molecule has 96 valence electrons. The predicted molar refractivity (Wildman–Crippen MR) is 78.3 cm³/mol. The van der Waals surface area contributed by atoms with E-state index in [9.17, 15) is 0 Å². The zero-order valence-corrected chi connectivity index (χ0v) is 12.4. The van der Waals surface area contributed by atoms with Crippen LogP contribution >= 0.6 is 11.3 Å². The predicted octanol–water partition coefficient (Wildman–Crippen LogP) is 3.85. The number of nitrogens with zero attached hydrogens (tertiary/aromatic N) is 2. The van der Waals surface area contributed by atoms with Crippen LogP contribution in [0.4, 0.5) is 5.82 Å². The molecule has 2 aromatic heterocycles. The molecule has 0 aliphatic rings. The van der Waals surface area contributed by atoms with Gasteiger partial charge in [0.1, 0.15) is 11.6 Å². The van der Waals surface area contributed by atoms with Crippen LogP contribution in [-0.4, -0.2) is 17.0 Å². The summed E-state index contributed by atoms with van der Waals surface area (Å²) in [6.07, 6.45) is 0. The van der Waals surface area contributed by atoms with Gasteiger partial charge in [-0.3, -0.25) is 0 Å². The van der Waals surface area contributed by atoms with Crippen molar-refractivity contribution in [3.8, 4) is 11.3 Å². The highest BCUT2D eigenvalue weighted by Gasteiger charge is 2.21. The monoisotopic (exact) mass is 261 g/mol. The molecule has 0 bridgehead atoms. The molecule has 0 fully saturated rings. The van der Waals surface area contributed by atoms with Gasteiger partial charge in [-0.05, 0) is 18.4 Å². The van der Waals surface area contributed by atoms with Gasteiger partial charge < -0.3 is 5.32 Å². The van der Waals surface area contributed by atoms with Crippen molar-refractivity contribution in [1.29, 1.82) is 0 Å². The third-order valence-corrected chi connectivity index (χ3v) is 3.53. The SMILES string of the molecule is CNc1nc(C(C)(C)C)nc(-c2ccsc2)c1C. The average Bonchev–Trinajstić information content (AvgIpc) is 2.81. The van der Waals surface area contributed by atoms with Crippen molar-refractivity contribution in [2.45, 2.75) is 33.1 Å². The first kappa shape index (κ1) is 13.0. The highest BCUT2D eigenvalue weighted by atomic mass is 32.1. The van der Waals surface area contributed by atoms with Crippen molar-refractivity contribution in [1.82, 2.24) is 9.97 Å². The molecule has 0 saturated carbocycles. The molecule has 2 aromatic rings. The Hall–Kier alpha value is -1.42. The molecule has 0 saturated heterocycles. The second kappa shape index (κ2) is 4.69. The van der Waals surface area contributed by atoms with Crippen LogP contribution in [0, 0.1) is 6.92 Å². The van der Waals surface area contributed by atoms with Gasteiger partial charge in [-0.25, -0.2) is 9.97 Å². The first-order valence-corrected chi connectivity index (χ1v) is 6.97. The number of thiophene rings is 1. The lowest BCUT2D eigenvalue weighted by molar-refractivity contribution is 0.546. The summed E-state index contributed by atoms with van der Waals surface area (Å²) in [5.41, 5.74) is 3.25. The summed E-state index contributed by atoms with van der Waals surface area (Å²) in [5.74, 6) is 1.79. The molecule has 0 unspecified atom stereocenters. The molecule has 0 aromatic carbocycles. The first-order chi connectivity index (χ1) is 8.43. The van der Waals surface area contributed by atoms with Crippen molar-refractivity contribution in [3.05, 3.63) is 28.2 Å². The van der Waals surface area contributed by atoms with Gasteiger partial charge in [0.15, 0.2) is 0 Å². The minimum atomic E-state index is -0.0515. The van der Waals surface area contributed by atoms with Crippen molar-refractivity contribution < 1.29 is 0 Å². The highest BCUT2D eigenvalue weighted by Crippen LogP contribution is 2.30. The number of nitrogens with one attached hydrogen (secondary N) is 1. The third kappa shape index (κ3) is 2.38. The summed E-state index contributed by atoms with van der Waals surface area (Å²) in [5, 5.41) is 7.36. The second-order valence-electron chi connectivity index (χ2n) is 5.38. The Kier molecular flexibility index (Phi) is 3.39. The Morgan fingerprint density at radius 3 is 2.44 bits per heavy atom. The maximum Gasteiger partial charge on any atom is 0.136 e. The van der Waals surface area contributed by atoms with Gasteiger partial charge in [-0.2, -0.15) is 11.3 Å². The van der Waals surface area contributed by atoms with Crippen molar-refractivity contribution in [3.63, 3.8) is 0 Å². The largest absolute Gasteiger partial charge is 0.373 e. The van der Waals surface area contributed by atoms with E-state index in [-0.39, 0.29) is 5.41 Å². The number of hydrogen-bond donors (Lipinski definition) is 1. The normalized spacial score (nSPS) is 11.6. The molecule has 0 spiro atoms. The fraction of sp³-hybridized carbons (Fsp3) is 0.429. The van der Waals surface area contributed by atoms with Crippen LogP contribution in [0.5, 0.6) is 0 Å². The molecular weight excluding hydrogens is 242 g/mol. The molecule has 1 N–H and O–H groups in total. The number of aromatic nitrogens is 2. The number of anilines is 1. The minimum Gasteiger partial charge on any atom is -0.373 e. The van der Waals surface area contributed by atoms with Gasteiger partial charge in [0, 0.05) is 29.0 Å². The van der Waals surface area contributed by atoms with Crippen molar-refractivity contribution in [2.75, 3.05) is 12.4 Å². The van der Waals surface area contributed by atoms with Gasteiger partial charge in [0.05, 0.1) is 5.69 Å². The van der Waals surface area contributed by atoms with Crippen LogP contribution < -0.4 is 5.32 Å². The number of rotatable bonds is 2. The van der Waals surface area contributed by atoms with E-state index >= 15 is 0 Å². The molecule has 18 heavy (non-hydrogen) atoms. The van der Waals surface area contributed by atoms with E-state index in [0.717, 1.165) is 22.9 Å². The highest BCUT2D eigenvalue weighted by molar-refractivity contribution is 7.08. The van der Waals surface area contributed by atoms with E-state index in [4.69, 9.17) is 4.98 Å². The smallest absolute Gasteiger partial charge is 0.136 e. The fourth-order valence-corrected chi connectivity index (χ4v) is 2.42. The second-order valence-corrected chi connectivity index (χ2v) is 6.16. The summed E-state index contributed by atoms with van der Waals surface area (Å²) >= 11 is 1.69. The molecule has 0 amide bonds. The van der Waals surface area contributed by atoms with E-state index in [1.54, 1.807) is 11.3 Å². The topological polar surface area (TPSA) is 37.8 Å². The van der Waals surface area contributed by atoms with Crippen LogP contribution in [0.15, 0.2) is 16.8 Å². The summed E-state index contributed by atoms with van der Waals surface area (Å²) in [7, 11) is 1.90. The summed E-state index contributed by atoms with van der Waals surface area (Å²) in [4.78, 5) is 9.36. The Labute approximate surface area is 112 Å². The first-order valence-electron chi connectivity index (χ1n) is 6.03. The summed E-state index contributed by atoms with van der Waals surface area (Å²) < 4.78 is 0. The Balaban J connectivity index is 2.65. The quantitative estimate of drug-likeness (QED) is 0.892. The van der Waals surface area contributed by atoms with E-state index in [1.165, 1.54) is 5.56 Å². The molecule has 0 radical (unpaired) electrons. The lowest BCUT2D eigenvalue weighted by atomic mass is 9.95. The van der Waals surface area contributed by atoms with Crippen LogP contribution in [0.3, 0.4) is 0 Å². The average molecular weight is 261 g/mol. The van der Waals surface area contributed by atoms with Gasteiger partial charge in [-0.15, -0.1) is 0 Å². The number of hydrogen-bond acceptors (Lipinski definition) is 4. The Morgan fingerprint density at radius 2 is 1.94 bits per heavy atom. The third-order valence-electron chi connectivity index (χ3n) is 2.85. The molecule has 4 heteroatoms. The molecule has 2 rings (SSSR count). The maximum atomic E-state index is 4.75. The lowest BCUT2D eigenvalue weighted by Gasteiger charge is -2.20.